The zero-order valence-corrected chi connectivity index (χ0v) is 19.5. The molecule has 172 valence electrons. The van der Waals surface area contributed by atoms with E-state index in [2.05, 4.69) is 39.7 Å². The van der Waals surface area contributed by atoms with E-state index in [0.29, 0.717) is 16.8 Å². The lowest BCUT2D eigenvalue weighted by Crippen LogP contribution is -2.32. The van der Waals surface area contributed by atoms with Gasteiger partial charge in [0.05, 0.1) is 10.9 Å². The van der Waals surface area contributed by atoms with Crippen LogP contribution in [-0.2, 0) is 9.53 Å². The smallest absolute Gasteiger partial charge is 0.229 e. The Morgan fingerprint density at radius 3 is 2.91 bits per heavy atom. The van der Waals surface area contributed by atoms with Crippen molar-refractivity contribution in [2.45, 2.75) is 32.1 Å². The highest BCUT2D eigenvalue weighted by molar-refractivity contribution is 6.33. The molecule has 7 heteroatoms. The molecule has 2 saturated heterocycles. The summed E-state index contributed by atoms with van der Waals surface area (Å²) >= 11 is 6.49. The van der Waals surface area contributed by atoms with Gasteiger partial charge in [-0.05, 0) is 69.0 Å². The summed E-state index contributed by atoms with van der Waals surface area (Å²) in [6.07, 6.45) is 6.95. The predicted octanol–water partition coefficient (Wildman–Crippen LogP) is 4.91. The van der Waals surface area contributed by atoms with Gasteiger partial charge in [-0.25, -0.2) is 4.98 Å². The van der Waals surface area contributed by atoms with E-state index in [0.717, 1.165) is 81.8 Å². The first-order chi connectivity index (χ1) is 15.6. The Hall–Kier alpha value is -2.15. The number of pyridine rings is 1. The first kappa shape index (κ1) is 23.0. The SMILES string of the molecule is CN1CCCCC(C(=O)Nc2cc(-c3cccc(NCC4CCOCC4)c3)c(Cl)cn2)C1. The van der Waals surface area contributed by atoms with Gasteiger partial charge in [-0.3, -0.25) is 4.79 Å². The first-order valence-corrected chi connectivity index (χ1v) is 12.0. The highest BCUT2D eigenvalue weighted by Gasteiger charge is 2.23. The summed E-state index contributed by atoms with van der Waals surface area (Å²) in [6, 6.07) is 10.1. The van der Waals surface area contributed by atoms with Gasteiger partial charge in [-0.1, -0.05) is 30.2 Å². The monoisotopic (exact) mass is 456 g/mol. The number of amides is 1. The molecule has 2 fully saturated rings. The Bertz CT molecular complexity index is 917. The van der Waals surface area contributed by atoms with Gasteiger partial charge in [0.1, 0.15) is 5.82 Å². The van der Waals surface area contributed by atoms with Crippen molar-refractivity contribution in [1.82, 2.24) is 9.88 Å². The average Bonchev–Trinajstić information content (AvgIpc) is 3.04. The van der Waals surface area contributed by atoms with Crippen molar-refractivity contribution in [2.24, 2.45) is 11.8 Å². The number of hydrogen-bond acceptors (Lipinski definition) is 5. The fourth-order valence-corrected chi connectivity index (χ4v) is 4.72. The molecule has 32 heavy (non-hydrogen) atoms. The molecule has 3 heterocycles. The topological polar surface area (TPSA) is 66.5 Å². The third kappa shape index (κ3) is 6.21. The Kier molecular flexibility index (Phi) is 8.00. The molecule has 0 saturated carbocycles. The molecule has 0 bridgehead atoms. The molecular formula is C25H33ClN4O2. The number of aromatic nitrogens is 1. The number of nitrogens with zero attached hydrogens (tertiary/aromatic N) is 2. The molecule has 4 rings (SSSR count). The van der Waals surface area contributed by atoms with E-state index in [1.807, 2.05) is 18.2 Å². The minimum atomic E-state index is -0.0128. The summed E-state index contributed by atoms with van der Waals surface area (Å²) in [5.41, 5.74) is 2.93. The molecule has 1 aromatic heterocycles. The lowest BCUT2D eigenvalue weighted by molar-refractivity contribution is -0.120. The number of likely N-dealkylation sites (tertiary alicyclic amines) is 1. The molecule has 0 aliphatic carbocycles. The van der Waals surface area contributed by atoms with Crippen LogP contribution < -0.4 is 10.6 Å². The molecule has 0 spiro atoms. The second-order valence-corrected chi connectivity index (χ2v) is 9.42. The van der Waals surface area contributed by atoms with E-state index in [-0.39, 0.29) is 11.8 Å². The van der Waals surface area contributed by atoms with Crippen LogP contribution in [-0.4, -0.2) is 55.7 Å². The van der Waals surface area contributed by atoms with E-state index >= 15 is 0 Å². The van der Waals surface area contributed by atoms with Crippen LogP contribution in [0.15, 0.2) is 36.5 Å². The number of nitrogens with one attached hydrogen (secondary N) is 2. The Labute approximate surface area is 195 Å². The van der Waals surface area contributed by atoms with E-state index in [4.69, 9.17) is 16.3 Å². The second-order valence-electron chi connectivity index (χ2n) is 9.01. The van der Waals surface area contributed by atoms with Crippen LogP contribution in [0.2, 0.25) is 5.02 Å². The second kappa shape index (κ2) is 11.1. The number of benzene rings is 1. The molecule has 1 aromatic carbocycles. The summed E-state index contributed by atoms with van der Waals surface area (Å²) in [7, 11) is 2.08. The van der Waals surface area contributed by atoms with E-state index in [9.17, 15) is 4.79 Å². The molecule has 2 N–H and O–H groups in total. The number of carbonyl (C=O) groups is 1. The molecule has 2 aromatic rings. The summed E-state index contributed by atoms with van der Waals surface area (Å²) in [5, 5.41) is 7.14. The maximum Gasteiger partial charge on any atom is 0.229 e. The number of anilines is 2. The van der Waals surface area contributed by atoms with Crippen molar-refractivity contribution in [1.29, 1.82) is 0 Å². The molecule has 6 nitrogen and oxygen atoms in total. The minimum absolute atomic E-state index is 0.0128. The molecule has 1 amide bonds. The molecule has 1 unspecified atom stereocenters. The maximum atomic E-state index is 12.9. The number of ether oxygens (including phenoxy) is 1. The lowest BCUT2D eigenvalue weighted by atomic mass is 10.00. The van der Waals surface area contributed by atoms with Gasteiger partial charge in [0.15, 0.2) is 0 Å². The summed E-state index contributed by atoms with van der Waals surface area (Å²) in [4.78, 5) is 19.4. The van der Waals surface area contributed by atoms with Gasteiger partial charge < -0.3 is 20.3 Å². The largest absolute Gasteiger partial charge is 0.385 e. The van der Waals surface area contributed by atoms with Crippen molar-refractivity contribution < 1.29 is 9.53 Å². The van der Waals surface area contributed by atoms with Crippen LogP contribution in [0.25, 0.3) is 11.1 Å². The van der Waals surface area contributed by atoms with Gasteiger partial charge in [-0.15, -0.1) is 0 Å². The zero-order valence-electron chi connectivity index (χ0n) is 18.8. The van der Waals surface area contributed by atoms with Gasteiger partial charge in [0.25, 0.3) is 0 Å². The highest BCUT2D eigenvalue weighted by atomic mass is 35.5. The van der Waals surface area contributed by atoms with Crippen LogP contribution in [0.1, 0.15) is 32.1 Å². The van der Waals surface area contributed by atoms with Crippen molar-refractivity contribution in [3.63, 3.8) is 0 Å². The fraction of sp³-hybridized carbons (Fsp3) is 0.520. The van der Waals surface area contributed by atoms with Gasteiger partial charge >= 0.3 is 0 Å². The lowest BCUT2D eigenvalue weighted by Gasteiger charge is -2.22. The van der Waals surface area contributed by atoms with Crippen LogP contribution in [0.4, 0.5) is 11.5 Å². The summed E-state index contributed by atoms with van der Waals surface area (Å²) in [5.74, 6) is 1.20. The Balaban J connectivity index is 1.44. The minimum Gasteiger partial charge on any atom is -0.385 e. The van der Waals surface area contributed by atoms with Crippen LogP contribution in [0, 0.1) is 11.8 Å². The average molecular weight is 457 g/mol. The first-order valence-electron chi connectivity index (χ1n) is 11.7. The van der Waals surface area contributed by atoms with E-state index < -0.39 is 0 Å². The Morgan fingerprint density at radius 2 is 2.06 bits per heavy atom. The number of hydrogen-bond donors (Lipinski definition) is 2. The van der Waals surface area contributed by atoms with E-state index in [1.165, 1.54) is 0 Å². The number of carbonyl (C=O) groups excluding carboxylic acids is 1. The fourth-order valence-electron chi connectivity index (χ4n) is 4.51. The highest BCUT2D eigenvalue weighted by Crippen LogP contribution is 2.31. The van der Waals surface area contributed by atoms with Gasteiger partial charge in [0, 0.05) is 43.8 Å². The Morgan fingerprint density at radius 1 is 1.22 bits per heavy atom. The number of halogens is 1. The van der Waals surface area contributed by atoms with Crippen molar-refractivity contribution in [3.8, 4) is 11.1 Å². The van der Waals surface area contributed by atoms with Crippen molar-refractivity contribution >= 4 is 29.0 Å². The maximum absolute atomic E-state index is 12.9. The van der Waals surface area contributed by atoms with Crippen LogP contribution >= 0.6 is 11.6 Å². The predicted molar refractivity (Wildman–Crippen MR) is 130 cm³/mol. The molecule has 2 aliphatic heterocycles. The number of rotatable bonds is 6. The summed E-state index contributed by atoms with van der Waals surface area (Å²) < 4.78 is 5.45. The van der Waals surface area contributed by atoms with Gasteiger partial charge in [0.2, 0.25) is 5.91 Å². The van der Waals surface area contributed by atoms with Crippen molar-refractivity contribution in [3.05, 3.63) is 41.6 Å². The third-order valence-electron chi connectivity index (χ3n) is 6.46. The quantitative estimate of drug-likeness (QED) is 0.646. The van der Waals surface area contributed by atoms with Crippen molar-refractivity contribution in [2.75, 3.05) is 50.5 Å². The normalized spacial score (nSPS) is 20.5. The summed E-state index contributed by atoms with van der Waals surface area (Å²) in [6.45, 7) is 4.47. The third-order valence-corrected chi connectivity index (χ3v) is 6.76. The molecule has 1 atom stereocenters. The van der Waals surface area contributed by atoms with Gasteiger partial charge in [-0.2, -0.15) is 0 Å². The van der Waals surface area contributed by atoms with E-state index in [1.54, 1.807) is 6.20 Å². The standard InChI is InChI=1S/C25H33ClN4O2/c1-30-10-3-2-5-20(17-30)25(31)29-24-14-22(23(26)16-28-24)19-6-4-7-21(13-19)27-15-18-8-11-32-12-9-18/h4,6-7,13-14,16,18,20,27H,2-3,5,8-12,15,17H2,1H3,(H,28,29,31). The van der Waals surface area contributed by atoms with Crippen LogP contribution in [0.5, 0.6) is 0 Å². The molecular weight excluding hydrogens is 424 g/mol. The van der Waals surface area contributed by atoms with Crippen LogP contribution in [0.3, 0.4) is 0 Å². The zero-order chi connectivity index (χ0) is 22.3. The molecule has 0 radical (unpaired) electrons. The molecule has 2 aliphatic rings.